The van der Waals surface area contributed by atoms with E-state index in [-0.39, 0.29) is 12.1 Å². The van der Waals surface area contributed by atoms with Gasteiger partial charge < -0.3 is 15.2 Å². The molecule has 0 aliphatic carbocycles. The summed E-state index contributed by atoms with van der Waals surface area (Å²) < 4.78 is 5.34. The second-order valence-corrected chi connectivity index (χ2v) is 8.43. The second kappa shape index (κ2) is 13.3. The van der Waals surface area contributed by atoms with Crippen molar-refractivity contribution in [3.05, 3.63) is 138 Å². The molecule has 0 aromatic heterocycles. The number of nitrogens with one attached hydrogen (secondary N) is 1. The molecule has 0 saturated heterocycles. The number of esters is 1. The summed E-state index contributed by atoms with van der Waals surface area (Å²) in [4.78, 5) is 37.8. The van der Waals surface area contributed by atoms with Gasteiger partial charge in [-0.15, -0.1) is 0 Å². The maximum atomic E-state index is 13.1. The Kier molecular flexibility index (Phi) is 9.07. The van der Waals surface area contributed by atoms with E-state index in [0.29, 0.717) is 28.1 Å². The molecular weight excluding hydrogens is 494 g/mol. The lowest BCUT2D eigenvalue weighted by molar-refractivity contribution is -0.161. The summed E-state index contributed by atoms with van der Waals surface area (Å²) in [6, 6.07) is 33.2. The van der Waals surface area contributed by atoms with E-state index in [4.69, 9.17) is 4.74 Å². The lowest BCUT2D eigenvalue weighted by atomic mass is 10.1. The van der Waals surface area contributed by atoms with Crippen molar-refractivity contribution >= 4 is 35.3 Å². The van der Waals surface area contributed by atoms with Gasteiger partial charge in [-0.1, -0.05) is 78.9 Å². The Morgan fingerprint density at radius 3 is 1.87 bits per heavy atom. The number of benzene rings is 4. The predicted molar refractivity (Wildman–Crippen MR) is 147 cm³/mol. The number of rotatable bonds is 10. The monoisotopic (exact) mass is 519 g/mol. The van der Waals surface area contributed by atoms with E-state index in [2.05, 4.69) is 15.5 Å². The first-order chi connectivity index (χ1) is 19.0. The highest BCUT2D eigenvalue weighted by Crippen LogP contribution is 2.20. The third-order valence-electron chi connectivity index (χ3n) is 5.53. The van der Waals surface area contributed by atoms with Crippen molar-refractivity contribution < 1.29 is 24.2 Å². The van der Waals surface area contributed by atoms with Gasteiger partial charge in [0.25, 0.3) is 5.91 Å². The van der Waals surface area contributed by atoms with Crippen LogP contribution in [0.1, 0.15) is 21.5 Å². The molecule has 194 valence electrons. The van der Waals surface area contributed by atoms with Crippen molar-refractivity contribution in [2.45, 2.75) is 12.5 Å². The number of carbonyl (C=O) groups excluding carboxylic acids is 2. The average molecular weight is 520 g/mol. The maximum Gasteiger partial charge on any atom is 0.355 e. The number of carbonyl (C=O) groups is 3. The number of azo groups is 1. The minimum absolute atomic E-state index is 0.0249. The lowest BCUT2D eigenvalue weighted by Gasteiger charge is -2.16. The third kappa shape index (κ3) is 8.06. The van der Waals surface area contributed by atoms with Crippen LogP contribution in [0.3, 0.4) is 0 Å². The minimum Gasteiger partial charge on any atom is -0.478 e. The molecule has 0 radical (unpaired) electrons. The van der Waals surface area contributed by atoms with Crippen LogP contribution in [0.15, 0.2) is 131 Å². The van der Waals surface area contributed by atoms with E-state index in [1.807, 2.05) is 30.3 Å². The molecule has 0 fully saturated rings. The summed E-state index contributed by atoms with van der Waals surface area (Å²) in [7, 11) is 0. The Morgan fingerprint density at radius 1 is 0.744 bits per heavy atom. The Balaban J connectivity index is 1.56. The number of hydrogen-bond acceptors (Lipinski definition) is 6. The van der Waals surface area contributed by atoms with Crippen LogP contribution in [0.2, 0.25) is 0 Å². The number of carboxylic acid groups (broad SMARTS) is 1. The molecule has 0 spiro atoms. The molecular formula is C31H25N3O5. The standard InChI is InChI=1S/C31H25N3O5/c35-29(24-12-6-2-7-13-24)32-27(31(38)39-28(30(36)37)21-22-10-4-1-5-11-22)20-23-16-18-26(19-17-23)34-33-25-14-8-3-9-15-25/h1-20,28H,21H2,(H,32,35)(H,36,37)/b27-20-,34-33?. The van der Waals surface area contributed by atoms with Gasteiger partial charge in [-0.3, -0.25) is 4.79 Å². The number of aliphatic carboxylic acids is 1. The Hall–Kier alpha value is -5.37. The van der Waals surface area contributed by atoms with Crippen LogP contribution < -0.4 is 5.32 Å². The topological polar surface area (TPSA) is 117 Å². The fourth-order valence-corrected chi connectivity index (χ4v) is 3.54. The normalized spacial score (nSPS) is 12.1. The number of nitrogens with zero attached hydrogens (tertiary/aromatic N) is 2. The molecule has 0 heterocycles. The van der Waals surface area contributed by atoms with E-state index >= 15 is 0 Å². The summed E-state index contributed by atoms with van der Waals surface area (Å²) in [5.41, 5.74) is 2.66. The summed E-state index contributed by atoms with van der Waals surface area (Å²) >= 11 is 0. The van der Waals surface area contributed by atoms with Crippen LogP contribution in [-0.2, 0) is 20.7 Å². The molecule has 1 amide bonds. The molecule has 0 bridgehead atoms. The van der Waals surface area contributed by atoms with E-state index in [0.717, 1.165) is 0 Å². The van der Waals surface area contributed by atoms with E-state index in [9.17, 15) is 19.5 Å². The summed E-state index contributed by atoms with van der Waals surface area (Å²) in [5, 5.41) is 20.6. The first-order valence-electron chi connectivity index (χ1n) is 12.1. The van der Waals surface area contributed by atoms with Crippen LogP contribution in [0.5, 0.6) is 0 Å². The Bertz CT molecular complexity index is 1470. The van der Waals surface area contributed by atoms with Crippen molar-refractivity contribution in [1.82, 2.24) is 5.32 Å². The molecule has 4 rings (SSSR count). The van der Waals surface area contributed by atoms with Gasteiger partial charge in [0.05, 0.1) is 11.4 Å². The van der Waals surface area contributed by atoms with E-state index in [1.165, 1.54) is 6.08 Å². The minimum atomic E-state index is -1.45. The van der Waals surface area contributed by atoms with Gasteiger partial charge in [0.15, 0.2) is 0 Å². The Morgan fingerprint density at radius 2 is 1.28 bits per heavy atom. The molecule has 8 heteroatoms. The van der Waals surface area contributed by atoms with Crippen LogP contribution in [0, 0.1) is 0 Å². The molecule has 8 nitrogen and oxygen atoms in total. The first-order valence-corrected chi connectivity index (χ1v) is 12.1. The number of ether oxygens (including phenoxy) is 1. The quantitative estimate of drug-likeness (QED) is 0.149. The fourth-order valence-electron chi connectivity index (χ4n) is 3.54. The van der Waals surface area contributed by atoms with Gasteiger partial charge in [0, 0.05) is 12.0 Å². The average Bonchev–Trinajstić information content (AvgIpc) is 2.97. The summed E-state index contributed by atoms with van der Waals surface area (Å²) in [6.45, 7) is 0. The molecule has 1 atom stereocenters. The Labute approximate surface area is 225 Å². The van der Waals surface area contributed by atoms with Crippen LogP contribution >= 0.6 is 0 Å². The van der Waals surface area contributed by atoms with Gasteiger partial charge in [0.1, 0.15) is 5.70 Å². The van der Waals surface area contributed by atoms with Crippen molar-refractivity contribution in [2.24, 2.45) is 10.2 Å². The van der Waals surface area contributed by atoms with E-state index in [1.54, 1.807) is 84.9 Å². The van der Waals surface area contributed by atoms with Gasteiger partial charge >= 0.3 is 11.9 Å². The predicted octanol–water partition coefficient (Wildman–Crippen LogP) is 6.11. The molecule has 4 aromatic rings. The highest BCUT2D eigenvalue weighted by molar-refractivity contribution is 6.03. The van der Waals surface area contributed by atoms with E-state index < -0.39 is 23.9 Å². The van der Waals surface area contributed by atoms with Gasteiger partial charge in [-0.2, -0.15) is 10.2 Å². The van der Waals surface area contributed by atoms with Gasteiger partial charge in [0.2, 0.25) is 6.10 Å². The molecule has 2 N–H and O–H groups in total. The smallest absolute Gasteiger partial charge is 0.355 e. The lowest BCUT2D eigenvalue weighted by Crippen LogP contribution is -2.34. The summed E-state index contributed by atoms with van der Waals surface area (Å²) in [5.74, 6) is -2.81. The molecule has 0 aliphatic heterocycles. The van der Waals surface area contributed by atoms with Crippen molar-refractivity contribution in [3.8, 4) is 0 Å². The number of amides is 1. The summed E-state index contributed by atoms with van der Waals surface area (Å²) in [6.07, 6.45) is -0.0521. The largest absolute Gasteiger partial charge is 0.478 e. The SMILES string of the molecule is O=C(OC(Cc1ccccc1)C(=O)O)/C(=C/c1ccc(N=Nc2ccccc2)cc1)NC(=O)c1ccccc1. The number of hydrogen-bond donors (Lipinski definition) is 2. The third-order valence-corrected chi connectivity index (χ3v) is 5.53. The molecule has 0 saturated carbocycles. The fraction of sp³-hybridized carbons (Fsp3) is 0.0645. The van der Waals surface area contributed by atoms with Crippen molar-refractivity contribution in [1.29, 1.82) is 0 Å². The van der Waals surface area contributed by atoms with Crippen molar-refractivity contribution in [2.75, 3.05) is 0 Å². The zero-order valence-electron chi connectivity index (χ0n) is 20.8. The second-order valence-electron chi connectivity index (χ2n) is 8.43. The van der Waals surface area contributed by atoms with Gasteiger partial charge in [-0.05, 0) is 53.6 Å². The number of carboxylic acids is 1. The molecule has 0 aliphatic rings. The maximum absolute atomic E-state index is 13.1. The zero-order valence-corrected chi connectivity index (χ0v) is 20.8. The molecule has 1 unspecified atom stereocenters. The highest BCUT2D eigenvalue weighted by atomic mass is 16.6. The van der Waals surface area contributed by atoms with Crippen LogP contribution in [0.4, 0.5) is 11.4 Å². The van der Waals surface area contributed by atoms with Crippen molar-refractivity contribution in [3.63, 3.8) is 0 Å². The van der Waals surface area contributed by atoms with Gasteiger partial charge in [-0.25, -0.2) is 9.59 Å². The van der Waals surface area contributed by atoms with Crippen LogP contribution in [-0.4, -0.2) is 29.1 Å². The zero-order chi connectivity index (χ0) is 27.5. The first kappa shape index (κ1) is 26.7. The molecule has 39 heavy (non-hydrogen) atoms. The highest BCUT2D eigenvalue weighted by Gasteiger charge is 2.26. The van der Waals surface area contributed by atoms with Crippen LogP contribution in [0.25, 0.3) is 6.08 Å². The molecule has 4 aromatic carbocycles.